The highest BCUT2D eigenvalue weighted by molar-refractivity contribution is 5.92. The van der Waals surface area contributed by atoms with E-state index in [-0.39, 0.29) is 18.4 Å². The maximum atomic E-state index is 12.7. The molecule has 1 fully saturated rings. The number of hydrogen-bond donors (Lipinski definition) is 2. The van der Waals surface area contributed by atoms with E-state index in [2.05, 4.69) is 17.4 Å². The Morgan fingerprint density at radius 1 is 1.09 bits per heavy atom. The molecule has 0 aromatic heterocycles. The van der Waals surface area contributed by atoms with Crippen LogP contribution in [0.2, 0.25) is 0 Å². The Balaban J connectivity index is 1.65. The summed E-state index contributed by atoms with van der Waals surface area (Å²) >= 11 is 0. The highest BCUT2D eigenvalue weighted by Crippen LogP contribution is 2.54. The van der Waals surface area contributed by atoms with Crippen LogP contribution in [-0.4, -0.2) is 24.2 Å². The predicted octanol–water partition coefficient (Wildman–Crippen LogP) is 2.30. The molecule has 1 saturated carbocycles. The molecule has 3 nitrogen and oxygen atoms in total. The minimum Gasteiger partial charge on any atom is -0.396 e. The third-order valence-corrected chi connectivity index (χ3v) is 4.56. The van der Waals surface area contributed by atoms with Gasteiger partial charge in [0.05, 0.1) is 5.41 Å². The van der Waals surface area contributed by atoms with Gasteiger partial charge in [0, 0.05) is 19.1 Å². The number of hydrogen-bond acceptors (Lipinski definition) is 2. The first-order chi connectivity index (χ1) is 10.8. The summed E-state index contributed by atoms with van der Waals surface area (Å²) in [7, 11) is 0. The summed E-state index contributed by atoms with van der Waals surface area (Å²) in [6.07, 6.45) is 1.55. The van der Waals surface area contributed by atoms with Crippen molar-refractivity contribution in [3.8, 4) is 0 Å². The fourth-order valence-electron chi connectivity index (χ4n) is 3.17. The molecule has 0 radical (unpaired) electrons. The van der Waals surface area contributed by atoms with Crippen LogP contribution < -0.4 is 5.32 Å². The Morgan fingerprint density at radius 3 is 2.32 bits per heavy atom. The Bertz CT molecular complexity index is 626. The molecular weight excluding hydrogens is 274 g/mol. The fourth-order valence-corrected chi connectivity index (χ4v) is 3.17. The summed E-state index contributed by atoms with van der Waals surface area (Å²) in [6, 6.07) is 19.9. The molecule has 2 atom stereocenters. The Morgan fingerprint density at radius 2 is 1.73 bits per heavy atom. The summed E-state index contributed by atoms with van der Waals surface area (Å²) in [5.74, 6) is 0.0697. The molecule has 3 rings (SSSR count). The zero-order valence-corrected chi connectivity index (χ0v) is 12.5. The van der Waals surface area contributed by atoms with Crippen molar-refractivity contribution in [2.24, 2.45) is 5.92 Å². The number of carbonyl (C=O) groups excluding carboxylic acids is 1. The first-order valence-corrected chi connectivity index (χ1v) is 7.76. The number of amides is 1. The Labute approximate surface area is 131 Å². The lowest BCUT2D eigenvalue weighted by molar-refractivity contribution is -0.124. The van der Waals surface area contributed by atoms with Gasteiger partial charge in [-0.15, -0.1) is 0 Å². The van der Waals surface area contributed by atoms with E-state index in [0.29, 0.717) is 6.54 Å². The van der Waals surface area contributed by atoms with Crippen LogP contribution in [0.1, 0.15) is 17.5 Å². The molecular formula is C19H21NO2. The molecule has 0 heterocycles. The maximum Gasteiger partial charge on any atom is 0.231 e. The van der Waals surface area contributed by atoms with Gasteiger partial charge >= 0.3 is 0 Å². The van der Waals surface area contributed by atoms with Crippen molar-refractivity contribution in [1.29, 1.82) is 0 Å². The lowest BCUT2D eigenvalue weighted by Crippen LogP contribution is -2.37. The smallest absolute Gasteiger partial charge is 0.231 e. The lowest BCUT2D eigenvalue weighted by Gasteiger charge is -2.17. The van der Waals surface area contributed by atoms with E-state index in [1.165, 1.54) is 5.56 Å². The highest BCUT2D eigenvalue weighted by atomic mass is 16.3. The topological polar surface area (TPSA) is 49.3 Å². The first-order valence-electron chi connectivity index (χ1n) is 7.76. The van der Waals surface area contributed by atoms with E-state index in [1.807, 2.05) is 48.5 Å². The third-order valence-electron chi connectivity index (χ3n) is 4.56. The van der Waals surface area contributed by atoms with E-state index in [9.17, 15) is 9.90 Å². The fraction of sp³-hybridized carbons (Fsp3) is 0.316. The van der Waals surface area contributed by atoms with Gasteiger partial charge in [0.25, 0.3) is 0 Å². The van der Waals surface area contributed by atoms with Crippen molar-refractivity contribution in [2.75, 3.05) is 13.2 Å². The second kappa shape index (κ2) is 6.32. The molecule has 1 aliphatic carbocycles. The molecule has 0 bridgehead atoms. The maximum absolute atomic E-state index is 12.7. The van der Waals surface area contributed by atoms with Crippen molar-refractivity contribution < 1.29 is 9.90 Å². The lowest BCUT2D eigenvalue weighted by atomic mass is 9.92. The Hall–Kier alpha value is -2.13. The Kier molecular flexibility index (Phi) is 4.25. The minimum atomic E-state index is -0.535. The monoisotopic (exact) mass is 295 g/mol. The van der Waals surface area contributed by atoms with Crippen LogP contribution in [0.25, 0.3) is 0 Å². The molecule has 1 aliphatic rings. The van der Waals surface area contributed by atoms with Crippen molar-refractivity contribution >= 4 is 5.91 Å². The van der Waals surface area contributed by atoms with Gasteiger partial charge in [-0.3, -0.25) is 4.79 Å². The number of benzene rings is 2. The van der Waals surface area contributed by atoms with Crippen LogP contribution in [0.15, 0.2) is 60.7 Å². The van der Waals surface area contributed by atoms with Crippen LogP contribution >= 0.6 is 0 Å². The van der Waals surface area contributed by atoms with Crippen LogP contribution in [-0.2, 0) is 16.6 Å². The van der Waals surface area contributed by atoms with Gasteiger partial charge in [0.15, 0.2) is 0 Å². The van der Waals surface area contributed by atoms with E-state index in [4.69, 9.17) is 0 Å². The number of carbonyl (C=O) groups is 1. The molecule has 0 unspecified atom stereocenters. The average molecular weight is 295 g/mol. The van der Waals surface area contributed by atoms with Crippen LogP contribution in [0.4, 0.5) is 0 Å². The van der Waals surface area contributed by atoms with E-state index >= 15 is 0 Å². The third kappa shape index (κ3) is 2.77. The van der Waals surface area contributed by atoms with E-state index in [1.54, 1.807) is 0 Å². The van der Waals surface area contributed by atoms with Crippen LogP contribution in [0.3, 0.4) is 0 Å². The normalized spacial score (nSPS) is 23.0. The minimum absolute atomic E-state index is 0.0339. The number of aliphatic hydroxyl groups excluding tert-OH is 1. The molecule has 22 heavy (non-hydrogen) atoms. The zero-order chi connectivity index (χ0) is 15.4. The molecule has 1 amide bonds. The molecule has 3 heteroatoms. The zero-order valence-electron chi connectivity index (χ0n) is 12.5. The number of aliphatic hydroxyl groups is 1. The largest absolute Gasteiger partial charge is 0.396 e. The van der Waals surface area contributed by atoms with Gasteiger partial charge in [-0.1, -0.05) is 60.7 Å². The first kappa shape index (κ1) is 14.8. The predicted molar refractivity (Wildman–Crippen MR) is 86.5 cm³/mol. The quantitative estimate of drug-likeness (QED) is 0.859. The standard InChI is InChI=1S/C19H21NO2/c21-14-17-13-19(17,16-9-5-2-6-10-16)18(22)20-12-11-15-7-3-1-4-8-15/h1-10,17,21H,11-14H2,(H,20,22)/t17-,19+/m0/s1. The second-order valence-corrected chi connectivity index (χ2v) is 5.91. The molecule has 0 saturated heterocycles. The second-order valence-electron chi connectivity index (χ2n) is 5.91. The molecule has 2 N–H and O–H groups in total. The molecule has 2 aromatic carbocycles. The van der Waals surface area contributed by atoms with E-state index < -0.39 is 5.41 Å². The van der Waals surface area contributed by atoms with Gasteiger partial charge in [0.2, 0.25) is 5.91 Å². The molecule has 2 aromatic rings. The van der Waals surface area contributed by atoms with E-state index in [0.717, 1.165) is 18.4 Å². The van der Waals surface area contributed by atoms with Crippen LogP contribution in [0, 0.1) is 5.92 Å². The molecule has 0 spiro atoms. The van der Waals surface area contributed by atoms with Gasteiger partial charge in [-0.05, 0) is 24.0 Å². The van der Waals surface area contributed by atoms with Gasteiger partial charge in [-0.2, -0.15) is 0 Å². The van der Waals surface area contributed by atoms with Crippen LogP contribution in [0.5, 0.6) is 0 Å². The van der Waals surface area contributed by atoms with Gasteiger partial charge in [0.1, 0.15) is 0 Å². The number of rotatable bonds is 6. The SMILES string of the molecule is O=C(NCCc1ccccc1)[C@@]1(c2ccccc2)C[C@H]1CO. The van der Waals surface area contributed by atoms with Crippen molar-refractivity contribution in [1.82, 2.24) is 5.32 Å². The molecule has 114 valence electrons. The molecule has 0 aliphatic heterocycles. The van der Waals surface area contributed by atoms with Gasteiger partial charge in [-0.25, -0.2) is 0 Å². The summed E-state index contributed by atoms with van der Waals surface area (Å²) in [6.45, 7) is 0.677. The summed E-state index contributed by atoms with van der Waals surface area (Å²) in [4.78, 5) is 12.7. The summed E-state index contributed by atoms with van der Waals surface area (Å²) < 4.78 is 0. The van der Waals surface area contributed by atoms with Crippen molar-refractivity contribution in [3.05, 3.63) is 71.8 Å². The van der Waals surface area contributed by atoms with Crippen molar-refractivity contribution in [2.45, 2.75) is 18.3 Å². The number of nitrogens with one attached hydrogen (secondary N) is 1. The average Bonchev–Trinajstić information content (AvgIpc) is 3.32. The van der Waals surface area contributed by atoms with Crippen molar-refractivity contribution in [3.63, 3.8) is 0 Å². The summed E-state index contributed by atoms with van der Waals surface area (Å²) in [5.41, 5.74) is 1.68. The highest BCUT2D eigenvalue weighted by Gasteiger charge is 2.60. The summed E-state index contributed by atoms with van der Waals surface area (Å²) in [5, 5.41) is 12.5. The van der Waals surface area contributed by atoms with Gasteiger partial charge < -0.3 is 10.4 Å².